The molecule has 0 fully saturated rings. The molecule has 108 valence electrons. The summed E-state index contributed by atoms with van der Waals surface area (Å²) in [6.07, 6.45) is 2.89. The highest BCUT2D eigenvalue weighted by atomic mass is 16.6. The van der Waals surface area contributed by atoms with Gasteiger partial charge in [-0.3, -0.25) is 14.9 Å². The maximum atomic E-state index is 11.7. The first-order chi connectivity index (χ1) is 10.6. The van der Waals surface area contributed by atoms with Gasteiger partial charge in [0.05, 0.1) is 16.6 Å². The molecule has 0 spiro atoms. The van der Waals surface area contributed by atoms with Gasteiger partial charge in [0, 0.05) is 23.9 Å². The van der Waals surface area contributed by atoms with E-state index in [1.807, 2.05) is 6.07 Å². The minimum absolute atomic E-state index is 0.000755. The average molecular weight is 293 g/mol. The number of nitriles is 1. The Bertz CT molecular complexity index is 757. The van der Waals surface area contributed by atoms with Crippen molar-refractivity contribution < 1.29 is 9.72 Å². The van der Waals surface area contributed by atoms with Crippen LogP contribution in [0.1, 0.15) is 11.1 Å². The number of carbonyl (C=O) groups excluding carboxylic acids is 1. The first-order valence-corrected chi connectivity index (χ1v) is 6.32. The lowest BCUT2D eigenvalue weighted by Gasteiger charge is -2.01. The zero-order chi connectivity index (χ0) is 15.9. The van der Waals surface area contributed by atoms with Crippen LogP contribution in [-0.4, -0.2) is 10.8 Å². The van der Waals surface area contributed by atoms with Crippen LogP contribution >= 0.6 is 0 Å². The topological polar surface area (TPSA) is 96.0 Å². The third kappa shape index (κ3) is 4.02. The number of amides is 1. The summed E-state index contributed by atoms with van der Waals surface area (Å²) < 4.78 is 0. The summed E-state index contributed by atoms with van der Waals surface area (Å²) in [5.41, 5.74) is 1.77. The molecule has 0 bridgehead atoms. The van der Waals surface area contributed by atoms with E-state index in [1.54, 1.807) is 42.5 Å². The van der Waals surface area contributed by atoms with Crippen LogP contribution in [0.4, 0.5) is 11.4 Å². The Morgan fingerprint density at radius 1 is 1.14 bits per heavy atom. The van der Waals surface area contributed by atoms with Crippen LogP contribution in [0.15, 0.2) is 54.6 Å². The Hall–Kier alpha value is -3.46. The Kier molecular flexibility index (Phi) is 4.63. The number of carbonyl (C=O) groups is 1. The van der Waals surface area contributed by atoms with E-state index >= 15 is 0 Å². The zero-order valence-electron chi connectivity index (χ0n) is 11.4. The number of nitro benzene ring substituents is 1. The van der Waals surface area contributed by atoms with Crippen LogP contribution < -0.4 is 5.32 Å². The van der Waals surface area contributed by atoms with Crippen molar-refractivity contribution in [3.63, 3.8) is 0 Å². The number of nitrogens with zero attached hydrogens (tertiary/aromatic N) is 2. The van der Waals surface area contributed by atoms with Crippen molar-refractivity contribution in [2.45, 2.75) is 0 Å². The second kappa shape index (κ2) is 6.81. The maximum Gasteiger partial charge on any atom is 0.269 e. The van der Waals surface area contributed by atoms with Crippen molar-refractivity contribution in [3.8, 4) is 6.07 Å². The molecule has 2 aromatic rings. The van der Waals surface area contributed by atoms with Crippen molar-refractivity contribution in [1.29, 1.82) is 5.26 Å². The fourth-order valence-corrected chi connectivity index (χ4v) is 1.69. The van der Waals surface area contributed by atoms with Crippen LogP contribution in [0.25, 0.3) is 6.08 Å². The van der Waals surface area contributed by atoms with E-state index < -0.39 is 4.92 Å². The zero-order valence-corrected chi connectivity index (χ0v) is 11.4. The Morgan fingerprint density at radius 3 is 2.32 bits per heavy atom. The quantitative estimate of drug-likeness (QED) is 0.532. The van der Waals surface area contributed by atoms with Gasteiger partial charge in [-0.05, 0) is 48.0 Å². The summed E-state index contributed by atoms with van der Waals surface area (Å²) in [6.45, 7) is 0. The molecule has 0 saturated carbocycles. The summed E-state index contributed by atoms with van der Waals surface area (Å²) in [5, 5.41) is 21.9. The summed E-state index contributed by atoms with van der Waals surface area (Å²) in [4.78, 5) is 21.8. The molecule has 2 rings (SSSR count). The van der Waals surface area contributed by atoms with Gasteiger partial charge in [0.1, 0.15) is 0 Å². The number of nitrogens with one attached hydrogen (secondary N) is 1. The van der Waals surface area contributed by atoms with Crippen LogP contribution in [0.5, 0.6) is 0 Å². The lowest BCUT2D eigenvalue weighted by Crippen LogP contribution is -2.07. The molecule has 0 aliphatic carbocycles. The van der Waals surface area contributed by atoms with E-state index in [2.05, 4.69) is 5.32 Å². The number of hydrogen-bond acceptors (Lipinski definition) is 4. The second-order valence-corrected chi connectivity index (χ2v) is 4.36. The first kappa shape index (κ1) is 14.9. The lowest BCUT2D eigenvalue weighted by molar-refractivity contribution is -0.384. The first-order valence-electron chi connectivity index (χ1n) is 6.32. The molecular weight excluding hydrogens is 282 g/mol. The molecule has 1 N–H and O–H groups in total. The highest BCUT2D eigenvalue weighted by Gasteiger charge is 2.03. The molecule has 2 aromatic carbocycles. The van der Waals surface area contributed by atoms with Gasteiger partial charge in [-0.15, -0.1) is 0 Å². The molecule has 0 heterocycles. The Balaban J connectivity index is 1.98. The highest BCUT2D eigenvalue weighted by molar-refractivity contribution is 6.01. The van der Waals surface area contributed by atoms with Crippen molar-refractivity contribution >= 4 is 23.4 Å². The summed E-state index contributed by atoms with van der Waals surface area (Å²) >= 11 is 0. The number of rotatable bonds is 4. The number of anilines is 1. The predicted octanol–water partition coefficient (Wildman–Crippen LogP) is 3.12. The van der Waals surface area contributed by atoms with Crippen LogP contribution in [-0.2, 0) is 4.79 Å². The summed E-state index contributed by atoms with van der Waals surface area (Å²) in [5.74, 6) is -0.330. The van der Waals surface area contributed by atoms with Crippen LogP contribution in [0.3, 0.4) is 0 Å². The molecule has 0 atom stereocenters. The molecule has 0 saturated heterocycles. The minimum atomic E-state index is -0.481. The standard InChI is InChI=1S/C16H11N3O3/c17-11-13-1-6-14(7-2-13)18-16(20)10-5-12-3-8-15(9-4-12)19(21)22/h1-10H,(H,18,20). The second-order valence-electron chi connectivity index (χ2n) is 4.36. The van der Waals surface area contributed by atoms with Crippen molar-refractivity contribution in [3.05, 3.63) is 75.8 Å². The summed E-state index contributed by atoms with van der Waals surface area (Å²) in [7, 11) is 0. The van der Waals surface area contributed by atoms with Crippen molar-refractivity contribution in [2.24, 2.45) is 0 Å². The molecular formula is C16H11N3O3. The number of non-ortho nitro benzene ring substituents is 1. The third-order valence-corrected chi connectivity index (χ3v) is 2.81. The molecule has 0 aromatic heterocycles. The van der Waals surface area contributed by atoms with E-state index in [-0.39, 0.29) is 11.6 Å². The van der Waals surface area contributed by atoms with Crippen LogP contribution in [0, 0.1) is 21.4 Å². The molecule has 1 amide bonds. The van der Waals surface area contributed by atoms with Gasteiger partial charge in [0.15, 0.2) is 0 Å². The fourth-order valence-electron chi connectivity index (χ4n) is 1.69. The lowest BCUT2D eigenvalue weighted by atomic mass is 10.2. The molecule has 0 aliphatic rings. The molecule has 0 radical (unpaired) electrons. The minimum Gasteiger partial charge on any atom is -0.323 e. The van der Waals surface area contributed by atoms with E-state index in [0.29, 0.717) is 16.8 Å². The van der Waals surface area contributed by atoms with E-state index in [9.17, 15) is 14.9 Å². The number of benzene rings is 2. The van der Waals surface area contributed by atoms with Gasteiger partial charge in [-0.2, -0.15) is 5.26 Å². The van der Waals surface area contributed by atoms with Gasteiger partial charge < -0.3 is 5.32 Å². The van der Waals surface area contributed by atoms with Crippen molar-refractivity contribution in [1.82, 2.24) is 0 Å². The maximum absolute atomic E-state index is 11.7. The van der Waals surface area contributed by atoms with Gasteiger partial charge in [0.2, 0.25) is 5.91 Å². The largest absolute Gasteiger partial charge is 0.323 e. The molecule has 0 unspecified atom stereocenters. The molecule has 6 heteroatoms. The SMILES string of the molecule is N#Cc1ccc(NC(=O)C=Cc2ccc([N+](=O)[O-])cc2)cc1. The van der Waals surface area contributed by atoms with Gasteiger partial charge in [-0.1, -0.05) is 0 Å². The predicted molar refractivity (Wildman–Crippen MR) is 81.9 cm³/mol. The van der Waals surface area contributed by atoms with Gasteiger partial charge in [-0.25, -0.2) is 0 Å². The molecule has 6 nitrogen and oxygen atoms in total. The van der Waals surface area contributed by atoms with E-state index in [1.165, 1.54) is 18.2 Å². The summed E-state index contributed by atoms with van der Waals surface area (Å²) in [6, 6.07) is 14.3. The van der Waals surface area contributed by atoms with Crippen molar-refractivity contribution in [2.75, 3.05) is 5.32 Å². The normalized spacial score (nSPS) is 10.1. The van der Waals surface area contributed by atoms with Gasteiger partial charge in [0.25, 0.3) is 5.69 Å². The van der Waals surface area contributed by atoms with E-state index in [0.717, 1.165) is 0 Å². The third-order valence-electron chi connectivity index (χ3n) is 2.81. The molecule has 22 heavy (non-hydrogen) atoms. The molecule has 0 aliphatic heterocycles. The highest BCUT2D eigenvalue weighted by Crippen LogP contribution is 2.13. The van der Waals surface area contributed by atoms with Gasteiger partial charge >= 0.3 is 0 Å². The number of nitro groups is 1. The van der Waals surface area contributed by atoms with Crippen LogP contribution in [0.2, 0.25) is 0 Å². The number of hydrogen-bond donors (Lipinski definition) is 1. The average Bonchev–Trinajstić information content (AvgIpc) is 2.54. The Labute approximate surface area is 126 Å². The smallest absolute Gasteiger partial charge is 0.269 e. The fraction of sp³-hybridized carbons (Fsp3) is 0. The van der Waals surface area contributed by atoms with E-state index in [4.69, 9.17) is 5.26 Å². The monoisotopic (exact) mass is 293 g/mol. The Morgan fingerprint density at radius 2 is 1.77 bits per heavy atom.